The van der Waals surface area contributed by atoms with Crippen molar-refractivity contribution in [3.63, 3.8) is 0 Å². The van der Waals surface area contributed by atoms with E-state index in [0.717, 1.165) is 5.56 Å². The van der Waals surface area contributed by atoms with Crippen LogP contribution in [0.25, 0.3) is 0 Å². The minimum absolute atomic E-state index is 0.00454. The number of carbonyl (C=O) groups excluding carboxylic acids is 1. The molecule has 1 heterocycles. The summed E-state index contributed by atoms with van der Waals surface area (Å²) in [5, 5.41) is 12.2. The Kier molecular flexibility index (Phi) is 2.76. The number of ketones is 1. The zero-order chi connectivity index (χ0) is 13.2. The van der Waals surface area contributed by atoms with Crippen molar-refractivity contribution >= 4 is 11.5 Å². The van der Waals surface area contributed by atoms with Crippen molar-refractivity contribution < 1.29 is 14.7 Å². The molecule has 0 bridgehead atoms. The van der Waals surface area contributed by atoms with E-state index >= 15 is 0 Å². The lowest BCUT2D eigenvalue weighted by atomic mass is 9.94. The van der Waals surface area contributed by atoms with Crippen LogP contribution in [-0.2, 0) is 0 Å². The van der Waals surface area contributed by atoms with Crippen molar-refractivity contribution in [3.05, 3.63) is 65.7 Å². The number of Topliss-reactive ketones (excluding diaryl/α,β-unsaturated/α-hetero) is 1. The van der Waals surface area contributed by atoms with Crippen LogP contribution in [0.1, 0.15) is 22.0 Å². The highest BCUT2D eigenvalue weighted by molar-refractivity contribution is 6.48. The molecule has 1 N–H and O–H groups in total. The van der Waals surface area contributed by atoms with Gasteiger partial charge in [0, 0.05) is 0 Å². The van der Waals surface area contributed by atoms with E-state index in [1.807, 2.05) is 30.3 Å². The monoisotopic (exact) mass is 253 g/mol. The lowest BCUT2D eigenvalue weighted by molar-refractivity contribution is 0.102. The maximum atomic E-state index is 12.3. The van der Waals surface area contributed by atoms with Gasteiger partial charge in [-0.25, -0.2) is 0 Å². The van der Waals surface area contributed by atoms with E-state index in [4.69, 9.17) is 9.94 Å². The number of hydrogen-bond donors (Lipinski definition) is 1. The summed E-state index contributed by atoms with van der Waals surface area (Å²) < 4.78 is 5.78. The summed E-state index contributed by atoms with van der Waals surface area (Å²) in [6.45, 7) is 0. The summed E-state index contributed by atoms with van der Waals surface area (Å²) in [6.07, 6.45) is -0.673. The third-order valence-electron chi connectivity index (χ3n) is 3.07. The maximum absolute atomic E-state index is 12.3. The Labute approximate surface area is 109 Å². The third kappa shape index (κ3) is 1.87. The van der Waals surface area contributed by atoms with Gasteiger partial charge in [0.05, 0.1) is 5.56 Å². The molecule has 19 heavy (non-hydrogen) atoms. The Balaban J connectivity index is 2.11. The van der Waals surface area contributed by atoms with Crippen LogP contribution >= 0.6 is 0 Å². The highest BCUT2D eigenvalue weighted by atomic mass is 16.5. The highest BCUT2D eigenvalue weighted by Crippen LogP contribution is 2.33. The molecular formula is C15H11NO3. The fourth-order valence-corrected chi connectivity index (χ4v) is 2.15. The fraction of sp³-hybridized carbons (Fsp3) is 0.0667. The van der Waals surface area contributed by atoms with Crippen LogP contribution < -0.4 is 4.74 Å². The van der Waals surface area contributed by atoms with Gasteiger partial charge in [0.15, 0.2) is 11.8 Å². The van der Waals surface area contributed by atoms with Gasteiger partial charge in [-0.3, -0.25) is 4.79 Å². The topological polar surface area (TPSA) is 58.9 Å². The summed E-state index contributed by atoms with van der Waals surface area (Å²) in [6, 6.07) is 16.2. The summed E-state index contributed by atoms with van der Waals surface area (Å²) in [7, 11) is 0. The van der Waals surface area contributed by atoms with E-state index in [1.165, 1.54) is 0 Å². The first-order valence-electron chi connectivity index (χ1n) is 5.88. The first-order chi connectivity index (χ1) is 9.31. The van der Waals surface area contributed by atoms with Gasteiger partial charge in [-0.15, -0.1) is 0 Å². The lowest BCUT2D eigenvalue weighted by Gasteiger charge is -2.25. The molecule has 0 saturated carbocycles. The second-order valence-corrected chi connectivity index (χ2v) is 4.22. The molecule has 1 unspecified atom stereocenters. The standard InChI is InChI=1S/C15H11NO3/c17-14-11-8-4-5-9-12(11)19-15(13(14)16-18)10-6-2-1-3-7-10/h1-9,15,18H/b16-13-. The molecule has 0 radical (unpaired) electrons. The van der Waals surface area contributed by atoms with Crippen molar-refractivity contribution in [2.24, 2.45) is 5.16 Å². The number of para-hydroxylation sites is 1. The number of fused-ring (bicyclic) bond motifs is 1. The van der Waals surface area contributed by atoms with Crippen LogP contribution in [0.4, 0.5) is 0 Å². The molecule has 2 aromatic carbocycles. The van der Waals surface area contributed by atoms with Gasteiger partial charge in [-0.1, -0.05) is 47.6 Å². The minimum atomic E-state index is -0.673. The van der Waals surface area contributed by atoms with E-state index in [9.17, 15) is 4.79 Å². The average molecular weight is 253 g/mol. The first kappa shape index (κ1) is 11.5. The quantitative estimate of drug-likeness (QED) is 0.628. The minimum Gasteiger partial charge on any atom is -0.478 e. The molecule has 0 spiro atoms. The van der Waals surface area contributed by atoms with Crippen LogP contribution in [0.2, 0.25) is 0 Å². The van der Waals surface area contributed by atoms with Gasteiger partial charge < -0.3 is 9.94 Å². The Morgan fingerprint density at radius 2 is 1.68 bits per heavy atom. The Bertz CT molecular complexity index is 649. The number of hydrogen-bond acceptors (Lipinski definition) is 4. The molecule has 4 heteroatoms. The number of nitrogens with zero attached hydrogens (tertiary/aromatic N) is 1. The summed E-state index contributed by atoms with van der Waals surface area (Å²) in [5.74, 6) is 0.201. The molecule has 3 rings (SSSR count). The van der Waals surface area contributed by atoms with Crippen LogP contribution in [0.3, 0.4) is 0 Å². The Morgan fingerprint density at radius 3 is 2.42 bits per heavy atom. The molecule has 0 aromatic heterocycles. The number of rotatable bonds is 1. The summed E-state index contributed by atoms with van der Waals surface area (Å²) in [5.41, 5.74) is 1.20. The molecule has 0 saturated heterocycles. The molecule has 0 aliphatic carbocycles. The van der Waals surface area contributed by atoms with Crippen LogP contribution in [0, 0.1) is 0 Å². The van der Waals surface area contributed by atoms with Gasteiger partial charge in [0.25, 0.3) is 0 Å². The second-order valence-electron chi connectivity index (χ2n) is 4.22. The summed E-state index contributed by atoms with van der Waals surface area (Å²) >= 11 is 0. The smallest absolute Gasteiger partial charge is 0.218 e. The largest absolute Gasteiger partial charge is 0.478 e. The summed E-state index contributed by atoms with van der Waals surface area (Å²) in [4.78, 5) is 12.3. The number of ether oxygens (including phenoxy) is 1. The van der Waals surface area contributed by atoms with Gasteiger partial charge in [-0.05, 0) is 17.7 Å². The van der Waals surface area contributed by atoms with E-state index in [1.54, 1.807) is 24.3 Å². The van der Waals surface area contributed by atoms with Crippen molar-refractivity contribution in [2.45, 2.75) is 6.10 Å². The number of oxime groups is 1. The van der Waals surface area contributed by atoms with E-state index in [2.05, 4.69) is 5.16 Å². The second kappa shape index (κ2) is 4.57. The van der Waals surface area contributed by atoms with Gasteiger partial charge >= 0.3 is 0 Å². The van der Waals surface area contributed by atoms with E-state index in [0.29, 0.717) is 11.3 Å². The predicted molar refractivity (Wildman–Crippen MR) is 69.8 cm³/mol. The SMILES string of the molecule is O=C1/C(=N/O)C(c2ccccc2)Oc2ccccc21. The lowest BCUT2D eigenvalue weighted by Crippen LogP contribution is -2.32. The Morgan fingerprint density at radius 1 is 1.00 bits per heavy atom. The molecule has 1 aliphatic rings. The van der Waals surface area contributed by atoms with Crippen LogP contribution in [-0.4, -0.2) is 16.7 Å². The molecule has 0 amide bonds. The van der Waals surface area contributed by atoms with E-state index in [-0.39, 0.29) is 11.5 Å². The molecule has 94 valence electrons. The van der Waals surface area contributed by atoms with Crippen molar-refractivity contribution in [3.8, 4) is 5.75 Å². The van der Waals surface area contributed by atoms with Crippen molar-refractivity contribution in [1.29, 1.82) is 0 Å². The molecule has 1 aliphatic heterocycles. The zero-order valence-corrected chi connectivity index (χ0v) is 9.98. The Hall–Kier alpha value is -2.62. The fourth-order valence-electron chi connectivity index (χ4n) is 2.15. The predicted octanol–water partition coefficient (Wildman–Crippen LogP) is 2.83. The van der Waals surface area contributed by atoms with Crippen LogP contribution in [0.5, 0.6) is 5.75 Å². The van der Waals surface area contributed by atoms with Gasteiger partial charge in [-0.2, -0.15) is 0 Å². The number of carbonyl (C=O) groups is 1. The molecule has 4 nitrogen and oxygen atoms in total. The highest BCUT2D eigenvalue weighted by Gasteiger charge is 2.34. The molecule has 0 fully saturated rings. The van der Waals surface area contributed by atoms with Crippen LogP contribution in [0.15, 0.2) is 59.8 Å². The maximum Gasteiger partial charge on any atom is 0.218 e. The number of benzene rings is 2. The molecule has 1 atom stereocenters. The van der Waals surface area contributed by atoms with Crippen molar-refractivity contribution in [1.82, 2.24) is 0 Å². The molecular weight excluding hydrogens is 242 g/mol. The average Bonchev–Trinajstić information content (AvgIpc) is 2.48. The van der Waals surface area contributed by atoms with Gasteiger partial charge in [0.1, 0.15) is 5.75 Å². The normalized spacial score (nSPS) is 19.9. The van der Waals surface area contributed by atoms with E-state index < -0.39 is 6.10 Å². The zero-order valence-electron chi connectivity index (χ0n) is 9.98. The first-order valence-corrected chi connectivity index (χ1v) is 5.88. The third-order valence-corrected chi connectivity index (χ3v) is 3.07. The molecule has 2 aromatic rings. The van der Waals surface area contributed by atoms with Crippen molar-refractivity contribution in [2.75, 3.05) is 0 Å². The van der Waals surface area contributed by atoms with Gasteiger partial charge in [0.2, 0.25) is 5.78 Å².